The first-order valence-corrected chi connectivity index (χ1v) is 6.22. The number of anilines is 3. The van der Waals surface area contributed by atoms with Crippen molar-refractivity contribution in [3.63, 3.8) is 0 Å². The van der Waals surface area contributed by atoms with Crippen LogP contribution in [-0.4, -0.2) is 11.1 Å². The molecular weight excluding hydrogens is 334 g/mol. The van der Waals surface area contributed by atoms with Crippen molar-refractivity contribution in [1.29, 1.82) is 0 Å². The van der Waals surface area contributed by atoms with E-state index in [1.54, 1.807) is 0 Å². The van der Waals surface area contributed by atoms with E-state index in [9.17, 15) is 13.6 Å². The highest BCUT2D eigenvalue weighted by Crippen LogP contribution is 2.30. The normalized spacial score (nSPS) is 10.3. The molecule has 2 rings (SSSR count). The molecule has 0 fully saturated rings. The number of aromatic carboxylic acids is 1. The predicted molar refractivity (Wildman–Crippen MR) is 75.2 cm³/mol. The summed E-state index contributed by atoms with van der Waals surface area (Å²) < 4.78 is 27.0. The van der Waals surface area contributed by atoms with Crippen LogP contribution in [0.5, 0.6) is 0 Å². The smallest absolute Gasteiger partial charge is 0.338 e. The van der Waals surface area contributed by atoms with Crippen LogP contribution in [0.25, 0.3) is 0 Å². The van der Waals surface area contributed by atoms with E-state index in [-0.39, 0.29) is 11.4 Å². The van der Waals surface area contributed by atoms with Crippen molar-refractivity contribution in [2.24, 2.45) is 0 Å². The Balaban J connectivity index is 2.39. The molecule has 0 aliphatic rings. The van der Waals surface area contributed by atoms with Crippen LogP contribution >= 0.6 is 15.9 Å². The van der Waals surface area contributed by atoms with Gasteiger partial charge < -0.3 is 16.2 Å². The summed E-state index contributed by atoms with van der Waals surface area (Å²) in [6.07, 6.45) is 0. The van der Waals surface area contributed by atoms with Gasteiger partial charge in [-0.2, -0.15) is 0 Å². The SMILES string of the molecule is Nc1cc(C(=O)O)c(F)cc1Nc1ccc(F)cc1Br. The van der Waals surface area contributed by atoms with E-state index in [4.69, 9.17) is 10.8 Å². The van der Waals surface area contributed by atoms with Gasteiger partial charge in [-0.25, -0.2) is 13.6 Å². The number of benzene rings is 2. The number of nitrogens with two attached hydrogens (primary N) is 1. The number of carboxylic acid groups (broad SMARTS) is 1. The number of carboxylic acids is 1. The first kappa shape index (κ1) is 14.3. The third-order valence-electron chi connectivity index (χ3n) is 2.57. The van der Waals surface area contributed by atoms with E-state index < -0.39 is 23.2 Å². The molecular formula is C13H9BrF2N2O2. The van der Waals surface area contributed by atoms with Crippen molar-refractivity contribution in [2.45, 2.75) is 0 Å². The van der Waals surface area contributed by atoms with E-state index in [0.29, 0.717) is 10.2 Å². The number of nitrogens with one attached hydrogen (secondary N) is 1. The van der Waals surface area contributed by atoms with Crippen molar-refractivity contribution in [1.82, 2.24) is 0 Å². The second-order valence-corrected chi connectivity index (χ2v) is 4.83. The van der Waals surface area contributed by atoms with Gasteiger partial charge in [0.1, 0.15) is 11.6 Å². The molecule has 0 bridgehead atoms. The highest BCUT2D eigenvalue weighted by Gasteiger charge is 2.14. The molecule has 0 unspecified atom stereocenters. The van der Waals surface area contributed by atoms with Gasteiger partial charge in [-0.3, -0.25) is 0 Å². The maximum atomic E-state index is 13.6. The topological polar surface area (TPSA) is 75.4 Å². The largest absolute Gasteiger partial charge is 0.478 e. The number of hydrogen-bond donors (Lipinski definition) is 3. The molecule has 2 aromatic rings. The second-order valence-electron chi connectivity index (χ2n) is 3.97. The highest BCUT2D eigenvalue weighted by atomic mass is 79.9. The lowest BCUT2D eigenvalue weighted by Gasteiger charge is -2.12. The first-order valence-electron chi connectivity index (χ1n) is 5.43. The first-order chi connectivity index (χ1) is 9.38. The van der Waals surface area contributed by atoms with E-state index in [1.807, 2.05) is 0 Å². The third kappa shape index (κ3) is 2.88. The van der Waals surface area contributed by atoms with Crippen molar-refractivity contribution in [3.8, 4) is 0 Å². The average Bonchev–Trinajstić information content (AvgIpc) is 2.36. The molecule has 104 valence electrons. The molecule has 7 heteroatoms. The summed E-state index contributed by atoms with van der Waals surface area (Å²) in [5.74, 6) is -2.74. The summed E-state index contributed by atoms with van der Waals surface area (Å²) in [5, 5.41) is 11.6. The fraction of sp³-hybridized carbons (Fsp3) is 0. The van der Waals surface area contributed by atoms with Gasteiger partial charge in [0.25, 0.3) is 0 Å². The van der Waals surface area contributed by atoms with Crippen LogP contribution in [0.15, 0.2) is 34.8 Å². The Labute approximate surface area is 121 Å². The number of nitrogen functional groups attached to an aromatic ring is 1. The number of carbonyl (C=O) groups is 1. The fourth-order valence-corrected chi connectivity index (χ4v) is 2.05. The Morgan fingerprint density at radius 2 is 1.90 bits per heavy atom. The minimum Gasteiger partial charge on any atom is -0.478 e. The van der Waals surface area contributed by atoms with Crippen LogP contribution in [0.2, 0.25) is 0 Å². The van der Waals surface area contributed by atoms with Gasteiger partial charge in [0.15, 0.2) is 0 Å². The van der Waals surface area contributed by atoms with Gasteiger partial charge in [0.05, 0.1) is 22.6 Å². The molecule has 0 saturated carbocycles. The van der Waals surface area contributed by atoms with Crippen LogP contribution in [0.1, 0.15) is 10.4 Å². The molecule has 0 aliphatic carbocycles. The van der Waals surface area contributed by atoms with Gasteiger partial charge in [-0.05, 0) is 40.2 Å². The zero-order valence-corrected chi connectivity index (χ0v) is 11.5. The van der Waals surface area contributed by atoms with Crippen molar-refractivity contribution < 1.29 is 18.7 Å². The Hall–Kier alpha value is -2.15. The number of hydrogen-bond acceptors (Lipinski definition) is 3. The molecule has 0 heterocycles. The summed E-state index contributed by atoms with van der Waals surface area (Å²) >= 11 is 3.15. The third-order valence-corrected chi connectivity index (χ3v) is 3.23. The van der Waals surface area contributed by atoms with E-state index in [1.165, 1.54) is 18.2 Å². The van der Waals surface area contributed by atoms with E-state index >= 15 is 0 Å². The molecule has 0 spiro atoms. The van der Waals surface area contributed by atoms with Gasteiger partial charge in [-0.1, -0.05) is 0 Å². The number of halogens is 3. The van der Waals surface area contributed by atoms with Crippen molar-refractivity contribution in [3.05, 3.63) is 52.0 Å². The quantitative estimate of drug-likeness (QED) is 0.742. The van der Waals surface area contributed by atoms with Crippen LogP contribution in [0.4, 0.5) is 25.8 Å². The summed E-state index contributed by atoms with van der Waals surface area (Å²) in [6.45, 7) is 0. The lowest BCUT2D eigenvalue weighted by Crippen LogP contribution is -2.05. The Morgan fingerprint density at radius 1 is 1.20 bits per heavy atom. The lowest BCUT2D eigenvalue weighted by atomic mass is 10.1. The second kappa shape index (κ2) is 5.46. The fourth-order valence-electron chi connectivity index (χ4n) is 1.60. The lowest BCUT2D eigenvalue weighted by molar-refractivity contribution is 0.0692. The maximum absolute atomic E-state index is 13.6. The van der Waals surface area contributed by atoms with Crippen LogP contribution < -0.4 is 11.1 Å². The van der Waals surface area contributed by atoms with Crippen molar-refractivity contribution >= 4 is 39.0 Å². The zero-order chi connectivity index (χ0) is 14.9. The standard InChI is InChI=1S/C13H9BrF2N2O2/c14-8-3-6(15)1-2-11(8)18-12-5-9(16)7(13(19)20)4-10(12)17/h1-5,18H,17H2,(H,19,20). The van der Waals surface area contributed by atoms with Crippen LogP contribution in [-0.2, 0) is 0 Å². The monoisotopic (exact) mass is 342 g/mol. The van der Waals surface area contributed by atoms with Gasteiger partial charge in [0.2, 0.25) is 0 Å². The van der Waals surface area contributed by atoms with Gasteiger partial charge in [-0.15, -0.1) is 0 Å². The summed E-state index contributed by atoms with van der Waals surface area (Å²) in [5.41, 5.74) is 5.90. The van der Waals surface area contributed by atoms with E-state index in [0.717, 1.165) is 12.1 Å². The molecule has 4 nitrogen and oxygen atoms in total. The van der Waals surface area contributed by atoms with Gasteiger partial charge >= 0.3 is 5.97 Å². The summed E-state index contributed by atoms with van der Waals surface area (Å²) in [7, 11) is 0. The van der Waals surface area contributed by atoms with E-state index in [2.05, 4.69) is 21.2 Å². The highest BCUT2D eigenvalue weighted by molar-refractivity contribution is 9.10. The maximum Gasteiger partial charge on any atom is 0.338 e. The Kier molecular flexibility index (Phi) is 3.89. The molecule has 2 aromatic carbocycles. The predicted octanol–water partition coefficient (Wildman–Crippen LogP) is 3.75. The molecule has 0 saturated heterocycles. The molecule has 0 aliphatic heterocycles. The van der Waals surface area contributed by atoms with Crippen LogP contribution in [0.3, 0.4) is 0 Å². The molecule has 20 heavy (non-hydrogen) atoms. The molecule has 4 N–H and O–H groups in total. The summed E-state index contributed by atoms with van der Waals surface area (Å²) in [6, 6.07) is 5.92. The molecule has 0 amide bonds. The minimum atomic E-state index is -1.40. The van der Waals surface area contributed by atoms with Crippen molar-refractivity contribution in [2.75, 3.05) is 11.1 Å². The van der Waals surface area contributed by atoms with Crippen LogP contribution in [0, 0.1) is 11.6 Å². The Bertz CT molecular complexity index is 692. The van der Waals surface area contributed by atoms with Gasteiger partial charge in [0, 0.05) is 10.5 Å². The average molecular weight is 343 g/mol. The summed E-state index contributed by atoms with van der Waals surface area (Å²) in [4.78, 5) is 10.8. The Morgan fingerprint density at radius 3 is 2.50 bits per heavy atom. The molecule has 0 aromatic heterocycles. The zero-order valence-electron chi connectivity index (χ0n) is 9.95. The minimum absolute atomic E-state index is 0.0695. The number of rotatable bonds is 3. The molecule has 0 radical (unpaired) electrons. The molecule has 0 atom stereocenters.